The lowest BCUT2D eigenvalue weighted by Gasteiger charge is -2.11. The molecule has 1 atom stereocenters. The maximum absolute atomic E-state index is 5.84. The van der Waals surface area contributed by atoms with Crippen molar-refractivity contribution >= 4 is 27.5 Å². The van der Waals surface area contributed by atoms with E-state index < -0.39 is 0 Å². The summed E-state index contributed by atoms with van der Waals surface area (Å²) in [5, 5.41) is 0.688. The molecular weight excluding hydrogens is 253 g/mol. The van der Waals surface area contributed by atoms with Crippen LogP contribution in [0.2, 0.25) is 5.02 Å². The lowest BCUT2D eigenvalue weighted by molar-refractivity contribution is 0.181. The maximum atomic E-state index is 5.84. The van der Waals surface area contributed by atoms with Gasteiger partial charge in [-0.05, 0) is 33.6 Å². The van der Waals surface area contributed by atoms with Crippen LogP contribution in [-0.4, -0.2) is 13.7 Å². The fourth-order valence-corrected chi connectivity index (χ4v) is 1.53. The van der Waals surface area contributed by atoms with Gasteiger partial charge in [0.2, 0.25) is 0 Å². The summed E-state index contributed by atoms with van der Waals surface area (Å²) in [6, 6.07) is 5.53. The minimum absolute atomic E-state index is 0.0985. The van der Waals surface area contributed by atoms with Crippen molar-refractivity contribution in [1.82, 2.24) is 0 Å². The largest absolute Gasteiger partial charge is 0.383 e. The minimum atomic E-state index is -0.0985. The Labute approximate surface area is 91.2 Å². The first-order valence-electron chi connectivity index (χ1n) is 3.84. The van der Waals surface area contributed by atoms with E-state index in [1.54, 1.807) is 7.11 Å². The summed E-state index contributed by atoms with van der Waals surface area (Å²) in [4.78, 5) is 0. The Morgan fingerprint density at radius 2 is 2.31 bits per heavy atom. The Morgan fingerprint density at radius 1 is 1.62 bits per heavy atom. The predicted molar refractivity (Wildman–Crippen MR) is 58.0 cm³/mol. The van der Waals surface area contributed by atoms with E-state index in [1.165, 1.54) is 0 Å². The molecule has 0 amide bonds. The van der Waals surface area contributed by atoms with Gasteiger partial charge in [0.25, 0.3) is 0 Å². The molecule has 0 aliphatic carbocycles. The summed E-state index contributed by atoms with van der Waals surface area (Å²) >= 11 is 9.18. The van der Waals surface area contributed by atoms with Crippen LogP contribution < -0.4 is 5.73 Å². The van der Waals surface area contributed by atoms with Crippen LogP contribution in [0.15, 0.2) is 22.7 Å². The second-order valence-electron chi connectivity index (χ2n) is 2.74. The number of benzene rings is 1. The van der Waals surface area contributed by atoms with Gasteiger partial charge in [-0.1, -0.05) is 17.7 Å². The first-order valence-corrected chi connectivity index (χ1v) is 5.01. The summed E-state index contributed by atoms with van der Waals surface area (Å²) in [5.74, 6) is 0. The summed E-state index contributed by atoms with van der Waals surface area (Å²) in [6.45, 7) is 0.508. The summed E-state index contributed by atoms with van der Waals surface area (Å²) in [5.41, 5.74) is 6.85. The van der Waals surface area contributed by atoms with Crippen molar-refractivity contribution in [1.29, 1.82) is 0 Å². The smallest absolute Gasteiger partial charge is 0.0655 e. The van der Waals surface area contributed by atoms with Crippen molar-refractivity contribution in [2.75, 3.05) is 13.7 Å². The maximum Gasteiger partial charge on any atom is 0.0655 e. The molecule has 0 unspecified atom stereocenters. The highest BCUT2D eigenvalue weighted by Gasteiger charge is 2.06. The topological polar surface area (TPSA) is 35.2 Å². The summed E-state index contributed by atoms with van der Waals surface area (Å²) < 4.78 is 5.81. The average Bonchev–Trinajstić information content (AvgIpc) is 2.10. The van der Waals surface area contributed by atoms with Crippen molar-refractivity contribution in [2.24, 2.45) is 5.73 Å². The van der Waals surface area contributed by atoms with Crippen molar-refractivity contribution in [3.63, 3.8) is 0 Å². The van der Waals surface area contributed by atoms with Crippen LogP contribution in [0, 0.1) is 0 Å². The molecule has 1 aromatic rings. The summed E-state index contributed by atoms with van der Waals surface area (Å²) in [7, 11) is 1.63. The third-order valence-corrected chi connectivity index (χ3v) is 2.93. The first kappa shape index (κ1) is 11.0. The monoisotopic (exact) mass is 263 g/mol. The van der Waals surface area contributed by atoms with E-state index in [0.29, 0.717) is 11.6 Å². The quantitative estimate of drug-likeness (QED) is 0.911. The molecule has 0 saturated carbocycles. The minimum Gasteiger partial charge on any atom is -0.383 e. The van der Waals surface area contributed by atoms with E-state index in [0.717, 1.165) is 10.0 Å². The molecule has 0 spiro atoms. The number of ether oxygens (including phenoxy) is 1. The second kappa shape index (κ2) is 4.96. The molecule has 0 radical (unpaired) electrons. The number of hydrogen-bond acceptors (Lipinski definition) is 2. The Kier molecular flexibility index (Phi) is 4.19. The van der Waals surface area contributed by atoms with E-state index in [1.807, 2.05) is 18.2 Å². The van der Waals surface area contributed by atoms with Crippen LogP contribution in [0.1, 0.15) is 11.6 Å². The van der Waals surface area contributed by atoms with E-state index in [-0.39, 0.29) is 6.04 Å². The van der Waals surface area contributed by atoms with Gasteiger partial charge in [-0.3, -0.25) is 0 Å². The van der Waals surface area contributed by atoms with Gasteiger partial charge in [0.05, 0.1) is 17.7 Å². The molecule has 1 aromatic carbocycles. The SMILES string of the molecule is COC[C@@H](N)c1ccc(Cl)c(Br)c1. The zero-order valence-electron chi connectivity index (χ0n) is 7.26. The molecule has 13 heavy (non-hydrogen) atoms. The molecule has 1 rings (SSSR count). The van der Waals surface area contributed by atoms with Crippen LogP contribution in [0.5, 0.6) is 0 Å². The van der Waals surface area contributed by atoms with Crippen molar-refractivity contribution in [2.45, 2.75) is 6.04 Å². The highest BCUT2D eigenvalue weighted by Crippen LogP contribution is 2.25. The number of hydrogen-bond donors (Lipinski definition) is 1. The van der Waals surface area contributed by atoms with E-state index >= 15 is 0 Å². The molecule has 72 valence electrons. The standard InChI is InChI=1S/C9H11BrClNO/c1-13-5-9(12)6-2-3-8(11)7(10)4-6/h2-4,9H,5,12H2,1H3/t9-/m1/s1. The third-order valence-electron chi connectivity index (χ3n) is 1.72. The molecule has 0 aromatic heterocycles. The second-order valence-corrected chi connectivity index (χ2v) is 4.00. The van der Waals surface area contributed by atoms with Gasteiger partial charge in [-0.2, -0.15) is 0 Å². The van der Waals surface area contributed by atoms with Crippen molar-refractivity contribution in [3.05, 3.63) is 33.3 Å². The molecular formula is C9H11BrClNO. The number of methoxy groups -OCH3 is 1. The van der Waals surface area contributed by atoms with Crippen LogP contribution in [0.25, 0.3) is 0 Å². The molecule has 0 saturated heterocycles. The van der Waals surface area contributed by atoms with Gasteiger partial charge < -0.3 is 10.5 Å². The summed E-state index contributed by atoms with van der Waals surface area (Å²) in [6.07, 6.45) is 0. The molecule has 0 aliphatic rings. The molecule has 0 aliphatic heterocycles. The predicted octanol–water partition coefficient (Wildman–Crippen LogP) is 2.75. The molecule has 2 nitrogen and oxygen atoms in total. The molecule has 0 bridgehead atoms. The van der Waals surface area contributed by atoms with Crippen LogP contribution in [-0.2, 0) is 4.74 Å². The van der Waals surface area contributed by atoms with Crippen molar-refractivity contribution < 1.29 is 4.74 Å². The zero-order valence-corrected chi connectivity index (χ0v) is 9.60. The highest BCUT2D eigenvalue weighted by molar-refractivity contribution is 9.10. The average molecular weight is 265 g/mol. The van der Waals surface area contributed by atoms with Gasteiger partial charge in [-0.25, -0.2) is 0 Å². The van der Waals surface area contributed by atoms with Crippen LogP contribution in [0.3, 0.4) is 0 Å². The van der Waals surface area contributed by atoms with E-state index in [4.69, 9.17) is 22.1 Å². The number of halogens is 2. The van der Waals surface area contributed by atoms with Gasteiger partial charge in [0.15, 0.2) is 0 Å². The Morgan fingerprint density at radius 3 is 2.85 bits per heavy atom. The lowest BCUT2D eigenvalue weighted by atomic mass is 10.1. The fourth-order valence-electron chi connectivity index (χ4n) is 1.02. The fraction of sp³-hybridized carbons (Fsp3) is 0.333. The van der Waals surface area contributed by atoms with Gasteiger partial charge in [0, 0.05) is 11.6 Å². The van der Waals surface area contributed by atoms with Gasteiger partial charge >= 0.3 is 0 Å². The van der Waals surface area contributed by atoms with Crippen molar-refractivity contribution in [3.8, 4) is 0 Å². The Bertz CT molecular complexity index is 293. The Hall–Kier alpha value is -0.0900. The number of nitrogens with two attached hydrogens (primary N) is 1. The zero-order chi connectivity index (χ0) is 9.84. The van der Waals surface area contributed by atoms with Crippen LogP contribution in [0.4, 0.5) is 0 Å². The lowest BCUT2D eigenvalue weighted by Crippen LogP contribution is -2.15. The molecule has 0 fully saturated rings. The van der Waals surface area contributed by atoms with E-state index in [2.05, 4.69) is 15.9 Å². The molecule has 2 N–H and O–H groups in total. The Balaban J connectivity index is 2.84. The first-order chi connectivity index (χ1) is 6.15. The van der Waals surface area contributed by atoms with Gasteiger partial charge in [-0.15, -0.1) is 0 Å². The molecule has 4 heteroatoms. The van der Waals surface area contributed by atoms with Gasteiger partial charge in [0.1, 0.15) is 0 Å². The highest BCUT2D eigenvalue weighted by atomic mass is 79.9. The van der Waals surface area contributed by atoms with E-state index in [9.17, 15) is 0 Å². The normalized spacial score (nSPS) is 12.9. The third kappa shape index (κ3) is 2.95. The molecule has 0 heterocycles. The van der Waals surface area contributed by atoms with Crippen LogP contribution >= 0.6 is 27.5 Å². The number of rotatable bonds is 3.